The van der Waals surface area contributed by atoms with E-state index < -0.39 is 17.5 Å². The maximum Gasteiger partial charge on any atom is 0.256 e. The third-order valence-electron chi connectivity index (χ3n) is 2.71. The zero-order valence-corrected chi connectivity index (χ0v) is 11.2. The Labute approximate surface area is 111 Å². The summed E-state index contributed by atoms with van der Waals surface area (Å²) < 4.78 is 31.6. The number of carbonyl (C=O) groups excluding carboxylic acids is 1. The summed E-state index contributed by atoms with van der Waals surface area (Å²) in [6.07, 6.45) is 0. The maximum atomic E-state index is 13.6. The summed E-state index contributed by atoms with van der Waals surface area (Å²) >= 11 is 0. The van der Waals surface area contributed by atoms with Crippen molar-refractivity contribution >= 4 is 5.91 Å². The van der Waals surface area contributed by atoms with Gasteiger partial charge in [-0.05, 0) is 18.6 Å². The molecule has 0 saturated carbocycles. The van der Waals surface area contributed by atoms with Gasteiger partial charge in [-0.15, -0.1) is 0 Å². The number of amides is 1. The van der Waals surface area contributed by atoms with Crippen molar-refractivity contribution in [3.63, 3.8) is 0 Å². The smallest absolute Gasteiger partial charge is 0.256 e. The first-order valence-electron chi connectivity index (χ1n) is 5.82. The minimum absolute atomic E-state index is 0.161. The number of nitrogens with two attached hydrogens (primary N) is 1. The topological polar surface area (TPSA) is 55.6 Å². The predicted molar refractivity (Wildman–Crippen MR) is 67.9 cm³/mol. The molecule has 0 aliphatic rings. The summed E-state index contributed by atoms with van der Waals surface area (Å²) in [4.78, 5) is 13.3. The molecule has 2 N–H and O–H groups in total. The largest absolute Gasteiger partial charge is 0.383 e. The fourth-order valence-corrected chi connectivity index (χ4v) is 1.73. The van der Waals surface area contributed by atoms with E-state index in [0.717, 1.165) is 0 Å². The lowest BCUT2D eigenvalue weighted by Crippen LogP contribution is -2.41. The number of ether oxygens (including phenoxy) is 1. The molecule has 0 saturated heterocycles. The van der Waals surface area contributed by atoms with Gasteiger partial charge < -0.3 is 15.4 Å². The molecule has 1 rings (SSSR count). The molecule has 1 amide bonds. The summed E-state index contributed by atoms with van der Waals surface area (Å²) in [7, 11) is 3.01. The molecule has 19 heavy (non-hydrogen) atoms. The van der Waals surface area contributed by atoms with Crippen LogP contribution in [-0.4, -0.2) is 44.2 Å². The van der Waals surface area contributed by atoms with Crippen LogP contribution >= 0.6 is 0 Å². The first-order valence-corrected chi connectivity index (χ1v) is 5.82. The Morgan fingerprint density at radius 1 is 1.42 bits per heavy atom. The summed E-state index contributed by atoms with van der Waals surface area (Å²) in [5, 5.41) is 0. The van der Waals surface area contributed by atoms with E-state index >= 15 is 0 Å². The second-order valence-corrected chi connectivity index (χ2v) is 4.48. The van der Waals surface area contributed by atoms with E-state index in [1.54, 1.807) is 0 Å². The van der Waals surface area contributed by atoms with Crippen molar-refractivity contribution in [3.05, 3.63) is 34.9 Å². The fraction of sp³-hybridized carbons (Fsp3) is 0.462. The normalized spacial score (nSPS) is 12.3. The lowest BCUT2D eigenvalue weighted by Gasteiger charge is -2.21. The van der Waals surface area contributed by atoms with E-state index in [1.807, 2.05) is 0 Å². The number of carbonyl (C=O) groups is 1. The molecule has 0 aliphatic heterocycles. The third kappa shape index (κ3) is 3.97. The monoisotopic (exact) mass is 272 g/mol. The molecule has 4 nitrogen and oxygen atoms in total. The van der Waals surface area contributed by atoms with Gasteiger partial charge in [-0.2, -0.15) is 0 Å². The number of likely N-dealkylation sites (N-methyl/N-ethyl adjacent to an activating group) is 1. The van der Waals surface area contributed by atoms with E-state index in [0.29, 0.717) is 12.7 Å². The van der Waals surface area contributed by atoms with Crippen LogP contribution < -0.4 is 5.73 Å². The standard InChI is InChI=1S/C13H18F2N2O2/c1-8-4-10(12(15)5-11(8)14)13(18)17(2)6-9(16)7-19-3/h4-5,9H,6-7,16H2,1-3H3. The highest BCUT2D eigenvalue weighted by molar-refractivity contribution is 5.94. The SMILES string of the molecule is COCC(N)CN(C)C(=O)c1cc(C)c(F)cc1F. The molecule has 1 aromatic rings. The van der Waals surface area contributed by atoms with Crippen molar-refractivity contribution in [2.24, 2.45) is 5.73 Å². The van der Waals surface area contributed by atoms with Gasteiger partial charge in [0.2, 0.25) is 0 Å². The van der Waals surface area contributed by atoms with Crippen LogP contribution in [0.5, 0.6) is 0 Å². The van der Waals surface area contributed by atoms with Gasteiger partial charge in [-0.25, -0.2) is 8.78 Å². The number of methoxy groups -OCH3 is 1. The van der Waals surface area contributed by atoms with E-state index in [-0.39, 0.29) is 23.7 Å². The third-order valence-corrected chi connectivity index (χ3v) is 2.71. The van der Waals surface area contributed by atoms with E-state index in [4.69, 9.17) is 10.5 Å². The first-order chi connectivity index (χ1) is 8.86. The van der Waals surface area contributed by atoms with Crippen molar-refractivity contribution in [1.82, 2.24) is 4.90 Å². The van der Waals surface area contributed by atoms with Gasteiger partial charge in [0, 0.05) is 32.8 Å². The van der Waals surface area contributed by atoms with Crippen LogP contribution in [0.3, 0.4) is 0 Å². The molecule has 1 aromatic carbocycles. The number of hydrogen-bond acceptors (Lipinski definition) is 3. The Kier molecular flexibility index (Phi) is 5.38. The zero-order chi connectivity index (χ0) is 14.6. The molecule has 0 bridgehead atoms. The number of aryl methyl sites for hydroxylation is 1. The highest BCUT2D eigenvalue weighted by Crippen LogP contribution is 2.15. The van der Waals surface area contributed by atoms with Crippen LogP contribution in [0.2, 0.25) is 0 Å². The van der Waals surface area contributed by atoms with Crippen LogP contribution in [0.4, 0.5) is 8.78 Å². The van der Waals surface area contributed by atoms with E-state index in [9.17, 15) is 13.6 Å². The van der Waals surface area contributed by atoms with Crippen molar-refractivity contribution in [2.75, 3.05) is 27.3 Å². The van der Waals surface area contributed by atoms with E-state index in [1.165, 1.54) is 32.0 Å². The predicted octanol–water partition coefficient (Wildman–Crippen LogP) is 1.32. The van der Waals surface area contributed by atoms with Crippen LogP contribution in [0.25, 0.3) is 0 Å². The molecular formula is C13H18F2N2O2. The van der Waals surface area contributed by atoms with Crippen molar-refractivity contribution in [3.8, 4) is 0 Å². The molecule has 1 unspecified atom stereocenters. The molecule has 0 fully saturated rings. The summed E-state index contributed by atoms with van der Waals surface area (Å²) in [6.45, 7) is 1.99. The van der Waals surface area contributed by atoms with Crippen LogP contribution in [0.1, 0.15) is 15.9 Å². The number of benzene rings is 1. The summed E-state index contributed by atoms with van der Waals surface area (Å²) in [6, 6.07) is 1.56. The highest BCUT2D eigenvalue weighted by atomic mass is 19.1. The van der Waals surface area contributed by atoms with Gasteiger partial charge >= 0.3 is 0 Å². The second-order valence-electron chi connectivity index (χ2n) is 4.48. The summed E-state index contributed by atoms with van der Waals surface area (Å²) in [5.74, 6) is -2.08. The average Bonchev–Trinajstić information content (AvgIpc) is 2.33. The minimum atomic E-state index is -0.875. The molecule has 106 valence electrons. The maximum absolute atomic E-state index is 13.6. The van der Waals surface area contributed by atoms with E-state index in [2.05, 4.69) is 0 Å². The van der Waals surface area contributed by atoms with Gasteiger partial charge in [0.1, 0.15) is 11.6 Å². The number of hydrogen-bond donors (Lipinski definition) is 1. The Hall–Kier alpha value is -1.53. The van der Waals surface area contributed by atoms with Crippen LogP contribution in [0.15, 0.2) is 12.1 Å². The van der Waals surface area contributed by atoms with Crippen LogP contribution in [-0.2, 0) is 4.74 Å². The zero-order valence-electron chi connectivity index (χ0n) is 11.2. The Bertz CT molecular complexity index is 466. The molecule has 0 heterocycles. The Balaban J connectivity index is 2.85. The first kappa shape index (κ1) is 15.5. The highest BCUT2D eigenvalue weighted by Gasteiger charge is 2.19. The number of rotatable bonds is 5. The molecule has 0 spiro atoms. The fourth-order valence-electron chi connectivity index (χ4n) is 1.73. The quantitative estimate of drug-likeness (QED) is 0.879. The summed E-state index contributed by atoms with van der Waals surface area (Å²) in [5.41, 5.74) is 5.78. The van der Waals surface area contributed by atoms with Crippen LogP contribution in [0, 0.1) is 18.6 Å². The van der Waals surface area contributed by atoms with Crippen molar-refractivity contribution < 1.29 is 18.3 Å². The van der Waals surface area contributed by atoms with Crippen molar-refractivity contribution in [1.29, 1.82) is 0 Å². The van der Waals surface area contributed by atoms with Gasteiger partial charge in [-0.3, -0.25) is 4.79 Å². The average molecular weight is 272 g/mol. The molecule has 0 aliphatic carbocycles. The number of halogens is 2. The molecular weight excluding hydrogens is 254 g/mol. The van der Waals surface area contributed by atoms with Gasteiger partial charge in [-0.1, -0.05) is 0 Å². The molecule has 6 heteroatoms. The van der Waals surface area contributed by atoms with Crippen molar-refractivity contribution in [2.45, 2.75) is 13.0 Å². The molecule has 0 aromatic heterocycles. The van der Waals surface area contributed by atoms with Gasteiger partial charge in [0.25, 0.3) is 5.91 Å². The molecule has 1 atom stereocenters. The lowest BCUT2D eigenvalue weighted by molar-refractivity contribution is 0.0760. The lowest BCUT2D eigenvalue weighted by atomic mass is 10.1. The minimum Gasteiger partial charge on any atom is -0.383 e. The molecule has 0 radical (unpaired) electrons. The van der Waals surface area contributed by atoms with Gasteiger partial charge in [0.15, 0.2) is 0 Å². The second kappa shape index (κ2) is 6.58. The Morgan fingerprint density at radius 2 is 2.05 bits per heavy atom. The number of nitrogens with zero attached hydrogens (tertiary/aromatic N) is 1. The van der Waals surface area contributed by atoms with Gasteiger partial charge in [0.05, 0.1) is 12.2 Å². The Morgan fingerprint density at radius 3 is 2.63 bits per heavy atom.